The van der Waals surface area contributed by atoms with Crippen molar-refractivity contribution < 1.29 is 4.79 Å². The van der Waals surface area contributed by atoms with E-state index in [-0.39, 0.29) is 11.7 Å². The third-order valence-corrected chi connectivity index (χ3v) is 4.00. The van der Waals surface area contributed by atoms with Crippen LogP contribution in [-0.2, 0) is 17.8 Å². The summed E-state index contributed by atoms with van der Waals surface area (Å²) in [6, 6.07) is 8.85. The van der Waals surface area contributed by atoms with Crippen LogP contribution >= 0.6 is 11.8 Å². The molecule has 1 amide bonds. The number of rotatable bonds is 7. The van der Waals surface area contributed by atoms with Gasteiger partial charge in [0.2, 0.25) is 5.91 Å². The van der Waals surface area contributed by atoms with Gasteiger partial charge in [0, 0.05) is 18.7 Å². The van der Waals surface area contributed by atoms with E-state index in [1.165, 1.54) is 11.8 Å². The summed E-state index contributed by atoms with van der Waals surface area (Å²) in [5.74, 6) is 0.932. The first-order valence-corrected chi connectivity index (χ1v) is 8.12. The normalized spacial score (nSPS) is 10.1. The number of thioether (sulfide) groups is 1. The zero-order chi connectivity index (χ0) is 16.7. The average molecular weight is 327 g/mol. The molecular formula is C16H17N5OS. The van der Waals surface area contributed by atoms with Crippen molar-refractivity contribution in [3.8, 4) is 6.07 Å². The second-order valence-electron chi connectivity index (χ2n) is 4.68. The fraction of sp³-hybridized carbons (Fsp3) is 0.250. The Kier molecular flexibility index (Phi) is 5.94. The van der Waals surface area contributed by atoms with Gasteiger partial charge in [-0.2, -0.15) is 5.26 Å². The van der Waals surface area contributed by atoms with Crippen molar-refractivity contribution in [2.45, 2.75) is 25.0 Å². The Balaban J connectivity index is 1.98. The summed E-state index contributed by atoms with van der Waals surface area (Å²) >= 11 is 1.33. The predicted octanol–water partition coefficient (Wildman–Crippen LogP) is 2.63. The molecule has 1 aromatic carbocycles. The van der Waals surface area contributed by atoms with E-state index < -0.39 is 0 Å². The summed E-state index contributed by atoms with van der Waals surface area (Å²) in [6.45, 7) is 6.35. The first kappa shape index (κ1) is 16.8. The average Bonchev–Trinajstić information content (AvgIpc) is 2.95. The molecule has 0 aliphatic rings. The number of aryl methyl sites for hydroxylation is 1. The molecule has 23 heavy (non-hydrogen) atoms. The third kappa shape index (κ3) is 4.44. The SMILES string of the molecule is C=CCn1c(CC)nnc1SCC(=O)Nc1cccc(C#N)c1. The zero-order valence-corrected chi connectivity index (χ0v) is 13.6. The number of hydrogen-bond donors (Lipinski definition) is 1. The van der Waals surface area contributed by atoms with E-state index in [2.05, 4.69) is 22.1 Å². The maximum absolute atomic E-state index is 12.0. The number of nitriles is 1. The Morgan fingerprint density at radius 2 is 2.35 bits per heavy atom. The van der Waals surface area contributed by atoms with Gasteiger partial charge in [-0.1, -0.05) is 30.8 Å². The summed E-state index contributed by atoms with van der Waals surface area (Å²) in [4.78, 5) is 12.0. The molecule has 1 aromatic heterocycles. The Morgan fingerprint density at radius 1 is 1.52 bits per heavy atom. The van der Waals surface area contributed by atoms with Crippen LogP contribution in [0.2, 0.25) is 0 Å². The third-order valence-electron chi connectivity index (χ3n) is 3.03. The molecule has 0 bridgehead atoms. The Labute approximate surface area is 139 Å². The van der Waals surface area contributed by atoms with E-state index in [0.717, 1.165) is 12.2 Å². The van der Waals surface area contributed by atoms with E-state index in [9.17, 15) is 4.79 Å². The number of benzene rings is 1. The number of carbonyl (C=O) groups excluding carboxylic acids is 1. The van der Waals surface area contributed by atoms with Crippen LogP contribution in [0, 0.1) is 11.3 Å². The van der Waals surface area contributed by atoms with Gasteiger partial charge in [-0.05, 0) is 18.2 Å². The van der Waals surface area contributed by atoms with Gasteiger partial charge < -0.3 is 9.88 Å². The van der Waals surface area contributed by atoms with Crippen molar-refractivity contribution in [3.63, 3.8) is 0 Å². The molecule has 1 N–H and O–H groups in total. The summed E-state index contributed by atoms with van der Waals surface area (Å²) in [6.07, 6.45) is 2.55. The van der Waals surface area contributed by atoms with Crippen molar-refractivity contribution in [2.75, 3.05) is 11.1 Å². The number of aromatic nitrogens is 3. The lowest BCUT2D eigenvalue weighted by atomic mass is 10.2. The Hall–Kier alpha value is -2.59. The van der Waals surface area contributed by atoms with Gasteiger partial charge in [-0.15, -0.1) is 16.8 Å². The molecule has 7 heteroatoms. The van der Waals surface area contributed by atoms with Crippen molar-refractivity contribution in [3.05, 3.63) is 48.3 Å². The van der Waals surface area contributed by atoms with Crippen LogP contribution in [0.4, 0.5) is 5.69 Å². The van der Waals surface area contributed by atoms with E-state index in [4.69, 9.17) is 5.26 Å². The van der Waals surface area contributed by atoms with Crippen molar-refractivity contribution in [2.24, 2.45) is 0 Å². The highest BCUT2D eigenvalue weighted by atomic mass is 32.2. The molecule has 2 aromatic rings. The maximum Gasteiger partial charge on any atom is 0.234 e. The molecule has 2 rings (SSSR count). The first-order chi connectivity index (χ1) is 11.2. The lowest BCUT2D eigenvalue weighted by Gasteiger charge is -2.07. The number of amides is 1. The number of allylic oxidation sites excluding steroid dienone is 1. The number of carbonyl (C=O) groups is 1. The van der Waals surface area contributed by atoms with Crippen LogP contribution < -0.4 is 5.32 Å². The van der Waals surface area contributed by atoms with Gasteiger partial charge in [0.15, 0.2) is 5.16 Å². The summed E-state index contributed by atoms with van der Waals surface area (Å²) in [5, 5.41) is 20.6. The highest BCUT2D eigenvalue weighted by Crippen LogP contribution is 2.18. The van der Waals surface area contributed by atoms with Crippen LogP contribution in [0.15, 0.2) is 42.1 Å². The molecule has 118 valence electrons. The lowest BCUT2D eigenvalue weighted by Crippen LogP contribution is -2.14. The van der Waals surface area contributed by atoms with Gasteiger partial charge in [-0.3, -0.25) is 4.79 Å². The predicted molar refractivity (Wildman–Crippen MR) is 90.1 cm³/mol. The number of hydrogen-bond acceptors (Lipinski definition) is 5. The minimum absolute atomic E-state index is 0.156. The fourth-order valence-electron chi connectivity index (χ4n) is 1.99. The topological polar surface area (TPSA) is 83.6 Å². The molecular weight excluding hydrogens is 310 g/mol. The van der Waals surface area contributed by atoms with E-state index in [1.807, 2.05) is 17.6 Å². The highest BCUT2D eigenvalue weighted by Gasteiger charge is 2.12. The molecule has 0 spiro atoms. The van der Waals surface area contributed by atoms with Crippen LogP contribution in [0.3, 0.4) is 0 Å². The summed E-state index contributed by atoms with van der Waals surface area (Å²) in [7, 11) is 0. The number of nitrogens with zero attached hydrogens (tertiary/aromatic N) is 4. The van der Waals surface area contributed by atoms with Crippen LogP contribution in [0.25, 0.3) is 0 Å². The smallest absolute Gasteiger partial charge is 0.234 e. The van der Waals surface area contributed by atoms with Crippen molar-refractivity contribution in [1.82, 2.24) is 14.8 Å². The molecule has 0 unspecified atom stereocenters. The second-order valence-corrected chi connectivity index (χ2v) is 5.62. The van der Waals surface area contributed by atoms with E-state index in [0.29, 0.717) is 23.0 Å². The first-order valence-electron chi connectivity index (χ1n) is 7.13. The van der Waals surface area contributed by atoms with Gasteiger partial charge in [-0.25, -0.2) is 0 Å². The zero-order valence-electron chi connectivity index (χ0n) is 12.8. The Bertz CT molecular complexity index is 747. The maximum atomic E-state index is 12.0. The van der Waals surface area contributed by atoms with E-state index in [1.54, 1.807) is 30.3 Å². The standard InChI is InChI=1S/C16H17N5OS/c1-3-8-21-14(4-2)19-20-16(21)23-11-15(22)18-13-7-5-6-12(9-13)10-17/h3,5-7,9H,1,4,8,11H2,2H3,(H,18,22). The molecule has 0 atom stereocenters. The molecule has 0 aliphatic carbocycles. The van der Waals surface area contributed by atoms with Crippen LogP contribution in [0.1, 0.15) is 18.3 Å². The van der Waals surface area contributed by atoms with Crippen LogP contribution in [-0.4, -0.2) is 26.4 Å². The second kappa shape index (κ2) is 8.15. The molecule has 6 nitrogen and oxygen atoms in total. The van der Waals surface area contributed by atoms with E-state index >= 15 is 0 Å². The van der Waals surface area contributed by atoms with Gasteiger partial charge >= 0.3 is 0 Å². The van der Waals surface area contributed by atoms with Crippen molar-refractivity contribution in [1.29, 1.82) is 5.26 Å². The number of anilines is 1. The molecule has 1 heterocycles. The molecule has 0 saturated carbocycles. The van der Waals surface area contributed by atoms with Gasteiger partial charge in [0.25, 0.3) is 0 Å². The monoisotopic (exact) mass is 327 g/mol. The van der Waals surface area contributed by atoms with Crippen molar-refractivity contribution >= 4 is 23.4 Å². The van der Waals surface area contributed by atoms with Gasteiger partial charge in [0.1, 0.15) is 5.82 Å². The quantitative estimate of drug-likeness (QED) is 0.624. The molecule has 0 radical (unpaired) electrons. The minimum atomic E-state index is -0.156. The molecule has 0 fully saturated rings. The lowest BCUT2D eigenvalue weighted by molar-refractivity contribution is -0.113. The Morgan fingerprint density at radius 3 is 3.04 bits per heavy atom. The highest BCUT2D eigenvalue weighted by molar-refractivity contribution is 7.99. The molecule has 0 saturated heterocycles. The fourth-order valence-corrected chi connectivity index (χ4v) is 2.76. The summed E-state index contributed by atoms with van der Waals surface area (Å²) < 4.78 is 1.95. The summed E-state index contributed by atoms with van der Waals surface area (Å²) in [5.41, 5.74) is 1.12. The molecule has 0 aliphatic heterocycles. The minimum Gasteiger partial charge on any atom is -0.325 e. The van der Waals surface area contributed by atoms with Gasteiger partial charge in [0.05, 0.1) is 17.4 Å². The van der Waals surface area contributed by atoms with Crippen LogP contribution in [0.5, 0.6) is 0 Å². The largest absolute Gasteiger partial charge is 0.325 e. The number of nitrogens with one attached hydrogen (secondary N) is 1.